The number of Topliss-reactive ketones (excluding diaryl/α,β-unsaturated/α-hetero) is 1. The highest BCUT2D eigenvalue weighted by Crippen LogP contribution is 2.41. The van der Waals surface area contributed by atoms with Gasteiger partial charge in [-0.1, -0.05) is 18.2 Å². The van der Waals surface area contributed by atoms with Gasteiger partial charge in [-0.25, -0.2) is 8.78 Å². The quantitative estimate of drug-likeness (QED) is 0.285. The van der Waals surface area contributed by atoms with Gasteiger partial charge in [-0.3, -0.25) is 9.59 Å². The Bertz CT molecular complexity index is 1050. The van der Waals surface area contributed by atoms with Crippen LogP contribution in [0, 0.1) is 11.6 Å². The van der Waals surface area contributed by atoms with Crippen LogP contribution in [0.15, 0.2) is 48.0 Å². The maximum atomic E-state index is 14.7. The summed E-state index contributed by atoms with van der Waals surface area (Å²) in [4.78, 5) is 27.0. The number of likely N-dealkylation sites (tertiary alicyclic amines) is 1. The molecule has 0 spiro atoms. The van der Waals surface area contributed by atoms with Gasteiger partial charge in [0.25, 0.3) is 11.7 Å². The molecule has 1 N–H and O–H groups in total. The van der Waals surface area contributed by atoms with Crippen LogP contribution in [0.4, 0.5) is 8.78 Å². The Balaban J connectivity index is 2.12. The summed E-state index contributed by atoms with van der Waals surface area (Å²) in [5, 5.41) is 11.0. The highest BCUT2D eigenvalue weighted by Gasteiger charge is 2.47. The van der Waals surface area contributed by atoms with Crippen molar-refractivity contribution in [2.75, 3.05) is 20.3 Å². The van der Waals surface area contributed by atoms with E-state index in [4.69, 9.17) is 9.47 Å². The van der Waals surface area contributed by atoms with Crippen LogP contribution in [-0.4, -0.2) is 48.1 Å². The van der Waals surface area contributed by atoms with E-state index in [2.05, 4.69) is 0 Å². The maximum Gasteiger partial charge on any atom is 0.295 e. The molecule has 1 heterocycles. The molecule has 0 radical (unpaired) electrons. The molecule has 1 fully saturated rings. The molecule has 0 aliphatic carbocycles. The summed E-state index contributed by atoms with van der Waals surface area (Å²) in [5.74, 6) is -3.69. The lowest BCUT2D eigenvalue weighted by atomic mass is 9.94. The minimum atomic E-state index is -1.18. The molecule has 2 aromatic rings. The molecule has 170 valence electrons. The van der Waals surface area contributed by atoms with Crippen molar-refractivity contribution >= 4 is 17.4 Å². The van der Waals surface area contributed by atoms with Crippen LogP contribution in [-0.2, 0) is 14.3 Å². The molecule has 0 bridgehead atoms. The number of ketones is 1. The fourth-order valence-electron chi connectivity index (χ4n) is 3.70. The van der Waals surface area contributed by atoms with E-state index < -0.39 is 35.1 Å². The van der Waals surface area contributed by atoms with E-state index in [9.17, 15) is 23.5 Å². The molecule has 1 amide bonds. The van der Waals surface area contributed by atoms with Gasteiger partial charge >= 0.3 is 0 Å². The minimum absolute atomic E-state index is 0.00628. The van der Waals surface area contributed by atoms with Gasteiger partial charge in [-0.05, 0) is 44.5 Å². The minimum Gasteiger partial charge on any atom is -0.507 e. The average Bonchev–Trinajstić information content (AvgIpc) is 3.01. The first-order valence-corrected chi connectivity index (χ1v) is 10.2. The number of aliphatic hydroxyl groups excluding tert-OH is 1. The smallest absolute Gasteiger partial charge is 0.295 e. The second-order valence-corrected chi connectivity index (χ2v) is 7.63. The zero-order valence-electron chi connectivity index (χ0n) is 18.1. The Kier molecular flexibility index (Phi) is 7.25. The van der Waals surface area contributed by atoms with Crippen LogP contribution in [0.1, 0.15) is 37.4 Å². The van der Waals surface area contributed by atoms with Crippen molar-refractivity contribution < 1.29 is 33.0 Å². The highest BCUT2D eigenvalue weighted by atomic mass is 19.1. The lowest BCUT2D eigenvalue weighted by molar-refractivity contribution is -0.140. The van der Waals surface area contributed by atoms with Crippen LogP contribution in [0.5, 0.6) is 5.75 Å². The number of halogens is 2. The number of methoxy groups -OCH3 is 1. The summed E-state index contributed by atoms with van der Waals surface area (Å²) in [7, 11) is 1.33. The molecular formula is C24H25F2NO5. The molecule has 8 heteroatoms. The number of rotatable bonds is 8. The molecule has 1 saturated heterocycles. The number of carbonyl (C=O) groups excluding carboxylic acids is 2. The molecule has 0 saturated carbocycles. The highest BCUT2D eigenvalue weighted by molar-refractivity contribution is 6.46. The molecular weight excluding hydrogens is 420 g/mol. The summed E-state index contributed by atoms with van der Waals surface area (Å²) in [5.41, 5.74) is -0.378. The number of amides is 1. The summed E-state index contributed by atoms with van der Waals surface area (Å²) >= 11 is 0. The molecule has 2 aromatic carbocycles. The van der Waals surface area contributed by atoms with Crippen molar-refractivity contribution in [2.45, 2.75) is 32.4 Å². The Morgan fingerprint density at radius 2 is 1.88 bits per heavy atom. The van der Waals surface area contributed by atoms with Crippen molar-refractivity contribution in [3.63, 3.8) is 0 Å². The average molecular weight is 445 g/mol. The Hall–Kier alpha value is -3.26. The summed E-state index contributed by atoms with van der Waals surface area (Å²) in [6.45, 7) is 4.19. The summed E-state index contributed by atoms with van der Waals surface area (Å²) in [6, 6.07) is 7.96. The Labute approximate surface area is 185 Å². The Morgan fingerprint density at radius 1 is 1.16 bits per heavy atom. The fourth-order valence-corrected chi connectivity index (χ4v) is 3.70. The number of carbonyl (C=O) groups is 2. The molecule has 1 unspecified atom stereocenters. The van der Waals surface area contributed by atoms with Crippen LogP contribution in [0.25, 0.3) is 5.76 Å². The SMILES string of the molecule is COc1ccc(F)cc1/C(O)=C1\C(=O)C(=O)N(CCCOC(C)C)C1c1ccccc1F. The third-order valence-corrected chi connectivity index (χ3v) is 5.15. The number of hydrogen-bond donors (Lipinski definition) is 1. The monoisotopic (exact) mass is 445 g/mol. The second kappa shape index (κ2) is 9.91. The maximum absolute atomic E-state index is 14.7. The molecule has 1 atom stereocenters. The molecule has 0 aromatic heterocycles. The normalized spacial score (nSPS) is 17.9. The molecule has 6 nitrogen and oxygen atoms in total. The number of aliphatic hydroxyl groups is 1. The van der Waals surface area contributed by atoms with E-state index in [0.717, 1.165) is 12.1 Å². The van der Waals surface area contributed by atoms with Gasteiger partial charge in [0, 0.05) is 18.7 Å². The van der Waals surface area contributed by atoms with E-state index >= 15 is 0 Å². The van der Waals surface area contributed by atoms with Gasteiger partial charge < -0.3 is 19.5 Å². The first-order chi connectivity index (χ1) is 15.3. The first-order valence-electron chi connectivity index (χ1n) is 10.2. The van der Waals surface area contributed by atoms with Crippen LogP contribution < -0.4 is 4.74 Å². The number of benzene rings is 2. The van der Waals surface area contributed by atoms with Crippen molar-refractivity contribution in [3.05, 3.63) is 70.8 Å². The lowest BCUT2D eigenvalue weighted by Crippen LogP contribution is -2.31. The fraction of sp³-hybridized carbons (Fsp3) is 0.333. The third-order valence-electron chi connectivity index (χ3n) is 5.15. The number of hydrogen-bond acceptors (Lipinski definition) is 5. The molecule has 1 aliphatic heterocycles. The van der Waals surface area contributed by atoms with Crippen LogP contribution in [0.3, 0.4) is 0 Å². The summed E-state index contributed by atoms with van der Waals surface area (Å²) in [6.07, 6.45) is 0.396. The van der Waals surface area contributed by atoms with Gasteiger partial charge in [-0.2, -0.15) is 0 Å². The number of nitrogens with zero attached hydrogens (tertiary/aromatic N) is 1. The van der Waals surface area contributed by atoms with E-state index in [1.807, 2.05) is 13.8 Å². The predicted molar refractivity (Wildman–Crippen MR) is 114 cm³/mol. The second-order valence-electron chi connectivity index (χ2n) is 7.63. The topological polar surface area (TPSA) is 76.1 Å². The molecule has 1 aliphatic rings. The van der Waals surface area contributed by atoms with Crippen LogP contribution in [0.2, 0.25) is 0 Å². The van der Waals surface area contributed by atoms with Gasteiger partial charge in [0.2, 0.25) is 0 Å². The zero-order chi connectivity index (χ0) is 23.4. The van der Waals surface area contributed by atoms with Crippen molar-refractivity contribution in [1.29, 1.82) is 0 Å². The third kappa shape index (κ3) is 4.65. The van der Waals surface area contributed by atoms with Gasteiger partial charge in [0.15, 0.2) is 0 Å². The first kappa shape index (κ1) is 23.4. The van der Waals surface area contributed by atoms with Crippen molar-refractivity contribution in [1.82, 2.24) is 4.90 Å². The zero-order valence-corrected chi connectivity index (χ0v) is 18.1. The summed E-state index contributed by atoms with van der Waals surface area (Å²) < 4.78 is 39.3. The Morgan fingerprint density at radius 3 is 2.53 bits per heavy atom. The van der Waals surface area contributed by atoms with E-state index in [0.29, 0.717) is 13.0 Å². The van der Waals surface area contributed by atoms with Crippen molar-refractivity contribution in [2.24, 2.45) is 0 Å². The largest absolute Gasteiger partial charge is 0.507 e. The van der Waals surface area contributed by atoms with E-state index in [-0.39, 0.29) is 35.1 Å². The van der Waals surface area contributed by atoms with Crippen molar-refractivity contribution in [3.8, 4) is 5.75 Å². The van der Waals surface area contributed by atoms with E-state index in [1.165, 1.54) is 36.3 Å². The van der Waals surface area contributed by atoms with Gasteiger partial charge in [-0.15, -0.1) is 0 Å². The lowest BCUT2D eigenvalue weighted by Gasteiger charge is -2.26. The number of ether oxygens (including phenoxy) is 2. The predicted octanol–water partition coefficient (Wildman–Crippen LogP) is 4.21. The van der Waals surface area contributed by atoms with Crippen LogP contribution >= 0.6 is 0 Å². The van der Waals surface area contributed by atoms with E-state index in [1.54, 1.807) is 6.07 Å². The standard InChI is InChI=1S/C24H25F2NO5/c1-14(2)32-12-6-11-27-21(16-7-4-5-8-18(16)26)20(23(29)24(27)30)22(28)17-13-15(25)9-10-19(17)31-3/h4-5,7-10,13-14,21,28H,6,11-12H2,1-3H3/b22-20+. The molecule has 32 heavy (non-hydrogen) atoms. The van der Waals surface area contributed by atoms with Gasteiger partial charge in [0.1, 0.15) is 23.1 Å². The molecule has 3 rings (SSSR count). The van der Waals surface area contributed by atoms with Gasteiger partial charge in [0.05, 0.1) is 30.4 Å².